The molecule has 1 atom stereocenters. The molecule has 21 heavy (non-hydrogen) atoms. The van der Waals surface area contributed by atoms with E-state index >= 15 is 0 Å². The smallest absolute Gasteiger partial charge is 0.254 e. The number of likely N-dealkylation sites (tertiary alicyclic amines) is 1. The summed E-state index contributed by atoms with van der Waals surface area (Å²) in [4.78, 5) is 14.5. The van der Waals surface area contributed by atoms with E-state index in [1.807, 2.05) is 36.9 Å². The number of hydrogen-bond acceptors (Lipinski definition) is 3. The van der Waals surface area contributed by atoms with E-state index in [2.05, 4.69) is 0 Å². The molecule has 1 heterocycles. The van der Waals surface area contributed by atoms with Crippen molar-refractivity contribution in [1.82, 2.24) is 4.90 Å². The van der Waals surface area contributed by atoms with Crippen molar-refractivity contribution in [3.63, 3.8) is 0 Å². The first-order valence-electron chi connectivity index (χ1n) is 7.80. The molecule has 0 bridgehead atoms. The van der Waals surface area contributed by atoms with Crippen LogP contribution in [-0.2, 0) is 0 Å². The highest BCUT2D eigenvalue weighted by molar-refractivity contribution is 5.94. The van der Waals surface area contributed by atoms with Crippen LogP contribution >= 0.6 is 0 Å². The molecule has 116 valence electrons. The van der Waals surface area contributed by atoms with Crippen LogP contribution in [0.4, 0.5) is 0 Å². The van der Waals surface area contributed by atoms with E-state index in [9.17, 15) is 9.90 Å². The standard InChI is InChI=1S/C17H25NO3/c1-13(2)21-16-9-6-7-14(11-16)17(20)18-10-5-3-4-8-15(18)12-19/h6-7,9,11,13,15,19H,3-5,8,10,12H2,1-2H3. The molecule has 1 saturated heterocycles. The van der Waals surface area contributed by atoms with E-state index < -0.39 is 0 Å². The fourth-order valence-electron chi connectivity index (χ4n) is 2.77. The van der Waals surface area contributed by atoms with Crippen molar-refractivity contribution in [2.24, 2.45) is 0 Å². The molecule has 0 radical (unpaired) electrons. The van der Waals surface area contributed by atoms with E-state index in [-0.39, 0.29) is 24.7 Å². The second-order valence-electron chi connectivity index (χ2n) is 5.88. The van der Waals surface area contributed by atoms with Crippen molar-refractivity contribution in [2.75, 3.05) is 13.2 Å². The van der Waals surface area contributed by atoms with E-state index in [4.69, 9.17) is 4.74 Å². The van der Waals surface area contributed by atoms with Gasteiger partial charge in [-0.3, -0.25) is 4.79 Å². The van der Waals surface area contributed by atoms with Crippen LogP contribution in [0.5, 0.6) is 5.75 Å². The normalized spacial score (nSPS) is 19.4. The summed E-state index contributed by atoms with van der Waals surface area (Å²) in [5, 5.41) is 9.54. The van der Waals surface area contributed by atoms with Gasteiger partial charge in [0.05, 0.1) is 18.8 Å². The zero-order chi connectivity index (χ0) is 15.2. The second-order valence-corrected chi connectivity index (χ2v) is 5.88. The molecule has 4 nitrogen and oxygen atoms in total. The Morgan fingerprint density at radius 2 is 2.19 bits per heavy atom. The number of hydrogen-bond donors (Lipinski definition) is 1. The Balaban J connectivity index is 2.17. The molecule has 1 aromatic rings. The first-order valence-corrected chi connectivity index (χ1v) is 7.80. The lowest BCUT2D eigenvalue weighted by Gasteiger charge is -2.28. The van der Waals surface area contributed by atoms with Crippen molar-refractivity contribution in [1.29, 1.82) is 0 Å². The number of benzene rings is 1. The van der Waals surface area contributed by atoms with Crippen molar-refractivity contribution in [3.05, 3.63) is 29.8 Å². The summed E-state index contributed by atoms with van der Waals surface area (Å²) >= 11 is 0. The van der Waals surface area contributed by atoms with Crippen molar-refractivity contribution >= 4 is 5.91 Å². The maximum Gasteiger partial charge on any atom is 0.254 e. The van der Waals surface area contributed by atoms with Crippen LogP contribution in [0.25, 0.3) is 0 Å². The lowest BCUT2D eigenvalue weighted by atomic mass is 10.1. The summed E-state index contributed by atoms with van der Waals surface area (Å²) in [6.45, 7) is 4.68. The summed E-state index contributed by atoms with van der Waals surface area (Å²) in [7, 11) is 0. The van der Waals surface area contributed by atoms with E-state index in [1.54, 1.807) is 6.07 Å². The molecule has 0 aliphatic carbocycles. The van der Waals surface area contributed by atoms with Gasteiger partial charge in [0.1, 0.15) is 5.75 Å². The maximum absolute atomic E-state index is 12.7. The van der Waals surface area contributed by atoms with Crippen LogP contribution in [0.2, 0.25) is 0 Å². The molecular formula is C17H25NO3. The van der Waals surface area contributed by atoms with Gasteiger partial charge in [-0.25, -0.2) is 0 Å². The topological polar surface area (TPSA) is 49.8 Å². The summed E-state index contributed by atoms with van der Waals surface area (Å²) in [5.74, 6) is 0.705. The quantitative estimate of drug-likeness (QED) is 0.928. The van der Waals surface area contributed by atoms with Crippen LogP contribution in [0.15, 0.2) is 24.3 Å². The second kappa shape index (κ2) is 7.46. The third kappa shape index (κ3) is 4.21. The minimum atomic E-state index is -0.0605. The van der Waals surface area contributed by atoms with Gasteiger partial charge in [0.25, 0.3) is 5.91 Å². The lowest BCUT2D eigenvalue weighted by Crippen LogP contribution is -2.42. The monoisotopic (exact) mass is 291 g/mol. The Bertz CT molecular complexity index is 473. The highest BCUT2D eigenvalue weighted by Gasteiger charge is 2.25. The highest BCUT2D eigenvalue weighted by atomic mass is 16.5. The molecule has 2 rings (SSSR count). The van der Waals surface area contributed by atoms with Crippen LogP contribution < -0.4 is 4.74 Å². The minimum absolute atomic E-state index is 0.00911. The van der Waals surface area contributed by atoms with E-state index in [0.717, 1.165) is 32.2 Å². The van der Waals surface area contributed by atoms with Gasteiger partial charge in [-0.05, 0) is 44.9 Å². The van der Waals surface area contributed by atoms with Gasteiger partial charge < -0.3 is 14.7 Å². The lowest BCUT2D eigenvalue weighted by molar-refractivity contribution is 0.0599. The number of rotatable bonds is 4. The molecule has 0 aromatic heterocycles. The highest BCUT2D eigenvalue weighted by Crippen LogP contribution is 2.21. The average Bonchev–Trinajstić information content (AvgIpc) is 2.71. The zero-order valence-electron chi connectivity index (χ0n) is 12.9. The summed E-state index contributed by atoms with van der Waals surface area (Å²) in [6.07, 6.45) is 4.16. The number of amides is 1. The van der Waals surface area contributed by atoms with E-state index in [1.165, 1.54) is 0 Å². The first-order chi connectivity index (χ1) is 10.1. The predicted molar refractivity (Wildman–Crippen MR) is 82.6 cm³/mol. The van der Waals surface area contributed by atoms with Crippen molar-refractivity contribution < 1.29 is 14.6 Å². The van der Waals surface area contributed by atoms with Crippen LogP contribution in [-0.4, -0.2) is 41.2 Å². The molecule has 1 aromatic carbocycles. The molecule has 0 spiro atoms. The third-order valence-corrected chi connectivity index (χ3v) is 3.80. The van der Waals surface area contributed by atoms with Gasteiger partial charge in [-0.1, -0.05) is 18.9 Å². The number of aliphatic hydroxyl groups excluding tert-OH is 1. The Morgan fingerprint density at radius 3 is 2.90 bits per heavy atom. The number of ether oxygens (including phenoxy) is 1. The van der Waals surface area contributed by atoms with Gasteiger partial charge >= 0.3 is 0 Å². The van der Waals surface area contributed by atoms with Crippen LogP contribution in [0.1, 0.15) is 49.9 Å². The maximum atomic E-state index is 12.7. The van der Waals surface area contributed by atoms with E-state index in [0.29, 0.717) is 11.3 Å². The molecule has 0 saturated carbocycles. The first kappa shape index (κ1) is 15.8. The minimum Gasteiger partial charge on any atom is -0.491 e. The number of nitrogens with zero attached hydrogens (tertiary/aromatic N) is 1. The molecule has 1 unspecified atom stereocenters. The Kier molecular flexibility index (Phi) is 5.62. The average molecular weight is 291 g/mol. The van der Waals surface area contributed by atoms with Gasteiger partial charge in [-0.15, -0.1) is 0 Å². The molecule has 4 heteroatoms. The van der Waals surface area contributed by atoms with Gasteiger partial charge in [0.2, 0.25) is 0 Å². The fraction of sp³-hybridized carbons (Fsp3) is 0.588. The zero-order valence-corrected chi connectivity index (χ0v) is 12.9. The molecular weight excluding hydrogens is 266 g/mol. The molecule has 1 aliphatic heterocycles. The van der Waals surface area contributed by atoms with Crippen LogP contribution in [0.3, 0.4) is 0 Å². The largest absolute Gasteiger partial charge is 0.491 e. The molecule has 1 fully saturated rings. The summed E-state index contributed by atoms with van der Waals surface area (Å²) in [6, 6.07) is 7.25. The number of aliphatic hydroxyl groups is 1. The predicted octanol–water partition coefficient (Wildman–Crippen LogP) is 2.85. The van der Waals surface area contributed by atoms with Crippen molar-refractivity contribution in [3.8, 4) is 5.75 Å². The fourth-order valence-corrected chi connectivity index (χ4v) is 2.77. The van der Waals surface area contributed by atoms with Gasteiger partial charge in [0, 0.05) is 12.1 Å². The molecule has 1 aliphatic rings. The van der Waals surface area contributed by atoms with Gasteiger partial charge in [-0.2, -0.15) is 0 Å². The Hall–Kier alpha value is -1.55. The van der Waals surface area contributed by atoms with Crippen molar-refractivity contribution in [2.45, 2.75) is 51.7 Å². The summed E-state index contributed by atoms with van der Waals surface area (Å²) in [5.41, 5.74) is 0.633. The third-order valence-electron chi connectivity index (χ3n) is 3.80. The molecule has 1 N–H and O–H groups in total. The Labute approximate surface area is 126 Å². The summed E-state index contributed by atoms with van der Waals surface area (Å²) < 4.78 is 5.65. The van der Waals surface area contributed by atoms with Gasteiger partial charge in [0.15, 0.2) is 0 Å². The number of carbonyl (C=O) groups is 1. The molecule has 1 amide bonds. The Morgan fingerprint density at radius 1 is 1.38 bits per heavy atom. The SMILES string of the molecule is CC(C)Oc1cccc(C(=O)N2CCCCCC2CO)c1. The number of carbonyl (C=O) groups excluding carboxylic acids is 1. The van der Waals surface area contributed by atoms with Crippen LogP contribution in [0, 0.1) is 0 Å².